The first-order chi connectivity index (χ1) is 11.0. The molecule has 6 heteroatoms. The van der Waals surface area contributed by atoms with Crippen LogP contribution in [-0.2, 0) is 0 Å². The molecule has 1 aromatic heterocycles. The standard InChI is InChI=1S/C17H15Cl2N3O/c1-10(12-6-5-11(18)9-14(12)19)21-17(23)22-16-4-2-3-15-13(16)7-8-20-15/h2-10,20H,1H3,(H2,21,22,23). The Morgan fingerprint density at radius 1 is 1.17 bits per heavy atom. The molecule has 0 spiro atoms. The molecule has 0 aliphatic heterocycles. The molecule has 0 saturated carbocycles. The van der Waals surface area contributed by atoms with Gasteiger partial charge in [-0.3, -0.25) is 0 Å². The maximum absolute atomic E-state index is 12.2. The highest BCUT2D eigenvalue weighted by atomic mass is 35.5. The van der Waals surface area contributed by atoms with Crippen molar-refractivity contribution in [1.82, 2.24) is 10.3 Å². The van der Waals surface area contributed by atoms with E-state index in [4.69, 9.17) is 23.2 Å². The maximum atomic E-state index is 12.2. The van der Waals surface area contributed by atoms with E-state index in [9.17, 15) is 4.79 Å². The first kappa shape index (κ1) is 15.7. The van der Waals surface area contributed by atoms with Gasteiger partial charge in [-0.2, -0.15) is 0 Å². The van der Waals surface area contributed by atoms with E-state index in [1.54, 1.807) is 12.1 Å². The summed E-state index contributed by atoms with van der Waals surface area (Å²) in [6.45, 7) is 1.87. The average Bonchev–Trinajstić information content (AvgIpc) is 2.96. The fraction of sp³-hybridized carbons (Fsp3) is 0.118. The summed E-state index contributed by atoms with van der Waals surface area (Å²) in [6, 6.07) is 12.3. The van der Waals surface area contributed by atoms with Crippen molar-refractivity contribution in [3.8, 4) is 0 Å². The zero-order valence-electron chi connectivity index (χ0n) is 12.4. The van der Waals surface area contributed by atoms with Crippen LogP contribution < -0.4 is 10.6 Å². The third-order valence-corrected chi connectivity index (χ3v) is 4.18. The fourth-order valence-corrected chi connectivity index (χ4v) is 3.05. The number of rotatable bonds is 3. The van der Waals surface area contributed by atoms with Crippen molar-refractivity contribution >= 4 is 45.8 Å². The number of carbonyl (C=O) groups is 1. The van der Waals surface area contributed by atoms with Gasteiger partial charge in [-0.15, -0.1) is 0 Å². The van der Waals surface area contributed by atoms with Gasteiger partial charge in [0.15, 0.2) is 0 Å². The Balaban J connectivity index is 1.73. The van der Waals surface area contributed by atoms with Crippen molar-refractivity contribution in [1.29, 1.82) is 0 Å². The highest BCUT2D eigenvalue weighted by Gasteiger charge is 2.14. The number of amides is 2. The molecule has 1 heterocycles. The second-order valence-electron chi connectivity index (χ2n) is 5.23. The summed E-state index contributed by atoms with van der Waals surface area (Å²) in [5, 5.41) is 7.79. The maximum Gasteiger partial charge on any atom is 0.319 e. The molecular weight excluding hydrogens is 333 g/mol. The van der Waals surface area contributed by atoms with E-state index in [-0.39, 0.29) is 12.1 Å². The van der Waals surface area contributed by atoms with Crippen molar-refractivity contribution < 1.29 is 4.79 Å². The van der Waals surface area contributed by atoms with Crippen LogP contribution in [0.5, 0.6) is 0 Å². The second-order valence-corrected chi connectivity index (χ2v) is 6.07. The Morgan fingerprint density at radius 3 is 2.78 bits per heavy atom. The largest absolute Gasteiger partial charge is 0.361 e. The molecule has 118 valence electrons. The molecular formula is C17H15Cl2N3O. The Hall–Kier alpha value is -2.17. The number of nitrogens with one attached hydrogen (secondary N) is 3. The average molecular weight is 348 g/mol. The summed E-state index contributed by atoms with van der Waals surface area (Å²) in [6.07, 6.45) is 1.84. The molecule has 4 nitrogen and oxygen atoms in total. The number of hydrogen-bond acceptors (Lipinski definition) is 1. The summed E-state index contributed by atoms with van der Waals surface area (Å²) in [4.78, 5) is 15.3. The second kappa shape index (κ2) is 6.52. The van der Waals surface area contributed by atoms with Crippen LogP contribution in [0.25, 0.3) is 10.9 Å². The molecule has 2 amide bonds. The predicted octanol–water partition coefficient (Wildman–Crippen LogP) is 5.36. The molecule has 0 saturated heterocycles. The fourth-order valence-electron chi connectivity index (χ4n) is 2.48. The first-order valence-corrected chi connectivity index (χ1v) is 7.89. The van der Waals surface area contributed by atoms with Crippen LogP contribution >= 0.6 is 23.2 Å². The van der Waals surface area contributed by atoms with Crippen LogP contribution in [0.15, 0.2) is 48.7 Å². The van der Waals surface area contributed by atoms with Crippen LogP contribution in [0.2, 0.25) is 10.0 Å². The van der Waals surface area contributed by atoms with Crippen LogP contribution in [0.1, 0.15) is 18.5 Å². The van der Waals surface area contributed by atoms with Gasteiger partial charge in [-0.05, 0) is 42.8 Å². The van der Waals surface area contributed by atoms with Crippen LogP contribution in [0.4, 0.5) is 10.5 Å². The molecule has 3 aromatic rings. The molecule has 0 fully saturated rings. The number of aromatic amines is 1. The van der Waals surface area contributed by atoms with Crippen molar-refractivity contribution in [3.05, 3.63) is 64.3 Å². The van der Waals surface area contributed by atoms with Gasteiger partial charge in [0.25, 0.3) is 0 Å². The molecule has 3 N–H and O–H groups in total. The molecule has 2 aromatic carbocycles. The zero-order chi connectivity index (χ0) is 16.4. The van der Waals surface area contributed by atoms with Crippen molar-refractivity contribution in [2.24, 2.45) is 0 Å². The van der Waals surface area contributed by atoms with Crippen molar-refractivity contribution in [3.63, 3.8) is 0 Å². The number of urea groups is 1. The number of halogens is 2. The highest BCUT2D eigenvalue weighted by Crippen LogP contribution is 2.26. The zero-order valence-corrected chi connectivity index (χ0v) is 13.9. The quantitative estimate of drug-likeness (QED) is 0.587. The Labute approximate surface area is 143 Å². The van der Waals surface area contributed by atoms with Gasteiger partial charge in [0.1, 0.15) is 0 Å². The van der Waals surface area contributed by atoms with E-state index in [0.29, 0.717) is 10.0 Å². The van der Waals surface area contributed by atoms with Gasteiger partial charge in [0, 0.05) is 27.1 Å². The van der Waals surface area contributed by atoms with Gasteiger partial charge in [0.2, 0.25) is 0 Å². The minimum atomic E-state index is -0.294. The number of aromatic nitrogens is 1. The van der Waals surface area contributed by atoms with E-state index in [1.807, 2.05) is 43.5 Å². The van der Waals surface area contributed by atoms with Gasteiger partial charge < -0.3 is 15.6 Å². The smallest absolute Gasteiger partial charge is 0.319 e. The summed E-state index contributed by atoms with van der Waals surface area (Å²) < 4.78 is 0. The Morgan fingerprint density at radius 2 is 2.00 bits per heavy atom. The monoisotopic (exact) mass is 347 g/mol. The van der Waals surface area contributed by atoms with E-state index in [0.717, 1.165) is 22.2 Å². The molecule has 0 bridgehead atoms. The predicted molar refractivity (Wildman–Crippen MR) is 95.3 cm³/mol. The normalized spacial score (nSPS) is 12.1. The number of anilines is 1. The van der Waals surface area contributed by atoms with Crippen molar-refractivity contribution in [2.45, 2.75) is 13.0 Å². The van der Waals surface area contributed by atoms with E-state index < -0.39 is 0 Å². The van der Waals surface area contributed by atoms with Crippen molar-refractivity contribution in [2.75, 3.05) is 5.32 Å². The van der Waals surface area contributed by atoms with E-state index in [2.05, 4.69) is 15.6 Å². The summed E-state index contributed by atoms with van der Waals surface area (Å²) in [7, 11) is 0. The lowest BCUT2D eigenvalue weighted by molar-refractivity contribution is 0.249. The molecule has 1 unspecified atom stereocenters. The number of fused-ring (bicyclic) bond motifs is 1. The topological polar surface area (TPSA) is 56.9 Å². The molecule has 3 rings (SSSR count). The van der Waals surface area contributed by atoms with Crippen LogP contribution in [0.3, 0.4) is 0 Å². The Bertz CT molecular complexity index is 860. The number of H-pyrrole nitrogens is 1. The number of hydrogen-bond donors (Lipinski definition) is 3. The molecule has 1 atom stereocenters. The molecule has 0 aliphatic carbocycles. The van der Waals surface area contributed by atoms with Crippen LogP contribution in [-0.4, -0.2) is 11.0 Å². The van der Waals surface area contributed by atoms with E-state index in [1.165, 1.54) is 0 Å². The number of benzene rings is 2. The van der Waals surface area contributed by atoms with Gasteiger partial charge in [-0.1, -0.05) is 35.3 Å². The molecule has 0 radical (unpaired) electrons. The third kappa shape index (κ3) is 3.44. The number of carbonyl (C=O) groups excluding carboxylic acids is 1. The third-order valence-electron chi connectivity index (χ3n) is 3.62. The SMILES string of the molecule is CC(NC(=O)Nc1cccc2[nH]ccc12)c1ccc(Cl)cc1Cl. The lowest BCUT2D eigenvalue weighted by atomic mass is 10.1. The highest BCUT2D eigenvalue weighted by molar-refractivity contribution is 6.35. The minimum Gasteiger partial charge on any atom is -0.361 e. The summed E-state index contributed by atoms with van der Waals surface area (Å²) >= 11 is 12.1. The molecule has 0 aliphatic rings. The summed E-state index contributed by atoms with van der Waals surface area (Å²) in [5.74, 6) is 0. The lowest BCUT2D eigenvalue weighted by Gasteiger charge is -2.17. The Kier molecular flexibility index (Phi) is 4.46. The van der Waals surface area contributed by atoms with E-state index >= 15 is 0 Å². The van der Waals surface area contributed by atoms with Gasteiger partial charge in [-0.25, -0.2) is 4.79 Å². The minimum absolute atomic E-state index is 0.245. The summed E-state index contributed by atoms with van der Waals surface area (Å²) in [5.41, 5.74) is 2.53. The first-order valence-electron chi connectivity index (χ1n) is 7.13. The molecule has 23 heavy (non-hydrogen) atoms. The van der Waals surface area contributed by atoms with Crippen LogP contribution in [0, 0.1) is 0 Å². The van der Waals surface area contributed by atoms with Gasteiger partial charge in [0.05, 0.1) is 11.7 Å². The lowest BCUT2D eigenvalue weighted by Crippen LogP contribution is -2.31. The van der Waals surface area contributed by atoms with Gasteiger partial charge >= 0.3 is 6.03 Å².